The maximum absolute atomic E-state index is 11.1. The molecule has 0 saturated carbocycles. The summed E-state index contributed by atoms with van der Waals surface area (Å²) in [4.78, 5) is 16.0. The summed E-state index contributed by atoms with van der Waals surface area (Å²) in [7, 11) is 0. The normalized spacial score (nSPS) is 10.7. The molecule has 6 heteroatoms. The molecule has 0 saturated heterocycles. The van der Waals surface area contributed by atoms with Gasteiger partial charge in [-0.3, -0.25) is 15.1 Å². The van der Waals surface area contributed by atoms with Crippen LogP contribution in [0.1, 0.15) is 6.42 Å². The van der Waals surface area contributed by atoms with Gasteiger partial charge in [-0.25, -0.2) is 0 Å². The van der Waals surface area contributed by atoms with E-state index < -0.39 is 0 Å². The molecular formula is C18H17N3O2S. The van der Waals surface area contributed by atoms with E-state index in [1.54, 1.807) is 18.5 Å². The van der Waals surface area contributed by atoms with Crippen molar-refractivity contribution < 1.29 is 4.92 Å². The van der Waals surface area contributed by atoms with E-state index in [-0.39, 0.29) is 10.6 Å². The molecule has 0 aliphatic rings. The van der Waals surface area contributed by atoms with Crippen molar-refractivity contribution in [1.29, 1.82) is 0 Å². The van der Waals surface area contributed by atoms with Gasteiger partial charge in [0.25, 0.3) is 5.69 Å². The Morgan fingerprint density at radius 3 is 2.71 bits per heavy atom. The topological polar surface area (TPSA) is 68.1 Å². The minimum absolute atomic E-state index is 0.0864. The smallest absolute Gasteiger partial charge is 0.278 e. The quantitative estimate of drug-likeness (QED) is 0.291. The van der Waals surface area contributed by atoms with Gasteiger partial charge in [0.05, 0.1) is 10.3 Å². The Balaban J connectivity index is 1.61. The summed E-state index contributed by atoms with van der Waals surface area (Å²) >= 11 is 1.83. The summed E-state index contributed by atoms with van der Waals surface area (Å²) in [5.41, 5.74) is 0.992. The van der Waals surface area contributed by atoms with Gasteiger partial charge < -0.3 is 5.32 Å². The first-order valence-electron chi connectivity index (χ1n) is 7.68. The van der Waals surface area contributed by atoms with Gasteiger partial charge in [0, 0.05) is 41.0 Å². The fourth-order valence-corrected chi connectivity index (χ4v) is 3.36. The molecule has 5 nitrogen and oxygen atoms in total. The molecule has 3 rings (SSSR count). The van der Waals surface area contributed by atoms with E-state index in [1.807, 2.05) is 36.0 Å². The van der Waals surface area contributed by atoms with Gasteiger partial charge in [-0.1, -0.05) is 18.2 Å². The van der Waals surface area contributed by atoms with Crippen molar-refractivity contribution in [2.24, 2.45) is 0 Å². The van der Waals surface area contributed by atoms with E-state index in [0.717, 1.165) is 29.8 Å². The number of rotatable bonds is 7. The molecule has 0 aliphatic heterocycles. The Kier molecular flexibility index (Phi) is 5.28. The van der Waals surface area contributed by atoms with Crippen LogP contribution < -0.4 is 5.32 Å². The average molecular weight is 339 g/mol. The number of hydrogen-bond donors (Lipinski definition) is 1. The SMILES string of the molecule is O=[N+]([O-])c1ccc(NCCCSc2ccccc2)c2ccncc12. The number of anilines is 1. The zero-order valence-corrected chi connectivity index (χ0v) is 13.8. The summed E-state index contributed by atoms with van der Waals surface area (Å²) in [6, 6.07) is 15.4. The van der Waals surface area contributed by atoms with Crippen LogP contribution >= 0.6 is 11.8 Å². The predicted octanol–water partition coefficient (Wildman–Crippen LogP) is 4.74. The first-order valence-corrected chi connectivity index (χ1v) is 8.67. The lowest BCUT2D eigenvalue weighted by Crippen LogP contribution is -2.03. The van der Waals surface area contributed by atoms with Gasteiger partial charge in [0.2, 0.25) is 0 Å². The molecule has 0 radical (unpaired) electrons. The average Bonchev–Trinajstić information content (AvgIpc) is 2.62. The van der Waals surface area contributed by atoms with E-state index in [0.29, 0.717) is 5.39 Å². The van der Waals surface area contributed by atoms with E-state index in [1.165, 1.54) is 11.0 Å². The van der Waals surface area contributed by atoms with Crippen LogP contribution in [0.2, 0.25) is 0 Å². The second kappa shape index (κ2) is 7.79. The Morgan fingerprint density at radius 1 is 1.08 bits per heavy atom. The Bertz CT molecular complexity index is 840. The zero-order chi connectivity index (χ0) is 16.8. The number of nitro benzene ring substituents is 1. The van der Waals surface area contributed by atoms with Gasteiger partial charge in [-0.15, -0.1) is 11.8 Å². The van der Waals surface area contributed by atoms with E-state index >= 15 is 0 Å². The zero-order valence-electron chi connectivity index (χ0n) is 13.0. The second-order valence-electron chi connectivity index (χ2n) is 5.25. The molecule has 1 aromatic heterocycles. The highest BCUT2D eigenvalue weighted by molar-refractivity contribution is 7.99. The van der Waals surface area contributed by atoms with Gasteiger partial charge in [0.1, 0.15) is 0 Å². The van der Waals surface area contributed by atoms with Crippen molar-refractivity contribution in [3.8, 4) is 0 Å². The van der Waals surface area contributed by atoms with Crippen molar-refractivity contribution in [2.75, 3.05) is 17.6 Å². The van der Waals surface area contributed by atoms with Gasteiger partial charge in [-0.2, -0.15) is 0 Å². The lowest BCUT2D eigenvalue weighted by molar-refractivity contribution is -0.383. The third-order valence-corrected chi connectivity index (χ3v) is 4.74. The third kappa shape index (κ3) is 3.83. The van der Waals surface area contributed by atoms with Gasteiger partial charge in [-0.05, 0) is 36.4 Å². The van der Waals surface area contributed by atoms with Crippen LogP contribution in [0.15, 0.2) is 65.8 Å². The fraction of sp³-hybridized carbons (Fsp3) is 0.167. The monoisotopic (exact) mass is 339 g/mol. The molecular weight excluding hydrogens is 322 g/mol. The minimum Gasteiger partial charge on any atom is -0.385 e. The summed E-state index contributed by atoms with van der Waals surface area (Å²) in [6.07, 6.45) is 4.20. The summed E-state index contributed by atoms with van der Waals surface area (Å²) < 4.78 is 0. The number of nitrogens with one attached hydrogen (secondary N) is 1. The van der Waals surface area contributed by atoms with Gasteiger partial charge >= 0.3 is 0 Å². The lowest BCUT2D eigenvalue weighted by Gasteiger charge is -2.10. The highest BCUT2D eigenvalue weighted by atomic mass is 32.2. The van der Waals surface area contributed by atoms with Crippen LogP contribution in [0.25, 0.3) is 10.8 Å². The number of aromatic nitrogens is 1. The number of hydrogen-bond acceptors (Lipinski definition) is 5. The Labute approximate surface area is 144 Å². The molecule has 24 heavy (non-hydrogen) atoms. The van der Waals surface area contributed by atoms with E-state index in [2.05, 4.69) is 22.4 Å². The number of nitro groups is 1. The highest BCUT2D eigenvalue weighted by Gasteiger charge is 2.13. The number of nitrogens with zero attached hydrogens (tertiary/aromatic N) is 2. The first kappa shape index (κ1) is 16.3. The van der Waals surface area contributed by atoms with Crippen LogP contribution in [0.3, 0.4) is 0 Å². The molecule has 0 unspecified atom stereocenters. The number of fused-ring (bicyclic) bond motifs is 1. The van der Waals surface area contributed by atoms with E-state index in [4.69, 9.17) is 0 Å². The van der Waals surface area contributed by atoms with Crippen molar-refractivity contribution >= 4 is 33.9 Å². The molecule has 0 bridgehead atoms. The molecule has 0 atom stereocenters. The maximum atomic E-state index is 11.1. The molecule has 122 valence electrons. The second-order valence-corrected chi connectivity index (χ2v) is 6.42. The highest BCUT2D eigenvalue weighted by Crippen LogP contribution is 2.30. The maximum Gasteiger partial charge on any atom is 0.278 e. The van der Waals surface area contributed by atoms with Gasteiger partial charge in [0.15, 0.2) is 0 Å². The molecule has 3 aromatic rings. The van der Waals surface area contributed by atoms with E-state index in [9.17, 15) is 10.1 Å². The summed E-state index contributed by atoms with van der Waals surface area (Å²) in [5.74, 6) is 1.02. The molecule has 1 heterocycles. The van der Waals surface area contributed by atoms with Crippen molar-refractivity contribution in [2.45, 2.75) is 11.3 Å². The third-order valence-electron chi connectivity index (χ3n) is 3.64. The number of benzene rings is 2. The molecule has 1 N–H and O–H groups in total. The molecule has 0 aliphatic carbocycles. The van der Waals surface area contributed by atoms with Crippen molar-refractivity contribution in [3.63, 3.8) is 0 Å². The standard InChI is InChI=1S/C18H17N3O2S/c22-21(23)18-8-7-17(15-9-11-19-13-16(15)18)20-10-4-12-24-14-5-2-1-3-6-14/h1-3,5-9,11,13,20H,4,10,12H2. The molecule has 0 fully saturated rings. The first-order chi connectivity index (χ1) is 11.8. The molecule has 0 amide bonds. The van der Waals surface area contributed by atoms with Crippen LogP contribution in [-0.2, 0) is 0 Å². The molecule has 2 aromatic carbocycles. The predicted molar refractivity (Wildman–Crippen MR) is 98.7 cm³/mol. The van der Waals surface area contributed by atoms with Crippen LogP contribution in [0.4, 0.5) is 11.4 Å². The minimum atomic E-state index is -0.371. The van der Waals surface area contributed by atoms with Crippen LogP contribution in [0.5, 0.6) is 0 Å². The largest absolute Gasteiger partial charge is 0.385 e. The summed E-state index contributed by atoms with van der Waals surface area (Å²) in [6.45, 7) is 0.815. The molecule has 0 spiro atoms. The lowest BCUT2D eigenvalue weighted by atomic mass is 10.1. The number of thioether (sulfide) groups is 1. The number of pyridine rings is 1. The Morgan fingerprint density at radius 2 is 1.92 bits per heavy atom. The number of non-ortho nitro benzene ring substituents is 1. The van der Waals surface area contributed by atoms with Crippen molar-refractivity contribution in [3.05, 3.63) is 71.0 Å². The fourth-order valence-electron chi connectivity index (χ4n) is 2.49. The summed E-state index contributed by atoms with van der Waals surface area (Å²) in [5, 5.41) is 15.9. The van der Waals surface area contributed by atoms with Crippen LogP contribution in [0, 0.1) is 10.1 Å². The van der Waals surface area contributed by atoms with Crippen LogP contribution in [-0.4, -0.2) is 22.2 Å². The Hall–Kier alpha value is -2.60. The van der Waals surface area contributed by atoms with Crippen molar-refractivity contribution in [1.82, 2.24) is 4.98 Å².